The molecular formula is C17H17Cl3N2O4S. The van der Waals surface area contributed by atoms with Crippen molar-refractivity contribution in [1.29, 1.82) is 0 Å². The number of hydrogen-bond acceptors (Lipinski definition) is 4. The van der Waals surface area contributed by atoms with Gasteiger partial charge < -0.3 is 10.1 Å². The van der Waals surface area contributed by atoms with Crippen LogP contribution in [0.15, 0.2) is 41.3 Å². The lowest BCUT2D eigenvalue weighted by molar-refractivity contribution is -0.117. The maximum atomic E-state index is 12.5. The second kappa shape index (κ2) is 9.12. The zero-order chi connectivity index (χ0) is 20.2. The predicted molar refractivity (Wildman–Crippen MR) is 107 cm³/mol. The van der Waals surface area contributed by atoms with Gasteiger partial charge >= 0.3 is 0 Å². The average Bonchev–Trinajstić information content (AvgIpc) is 2.59. The molecule has 0 aliphatic rings. The largest absolute Gasteiger partial charge is 0.492 e. The first kappa shape index (κ1) is 21.8. The van der Waals surface area contributed by atoms with Crippen LogP contribution in [-0.4, -0.2) is 27.0 Å². The Balaban J connectivity index is 2.14. The number of amides is 1. The summed E-state index contributed by atoms with van der Waals surface area (Å²) in [6.45, 7) is 3.58. The fourth-order valence-corrected chi connectivity index (χ4v) is 4.14. The van der Waals surface area contributed by atoms with Gasteiger partial charge in [-0.25, -0.2) is 8.42 Å². The van der Waals surface area contributed by atoms with Crippen molar-refractivity contribution < 1.29 is 17.9 Å². The third kappa shape index (κ3) is 5.49. The van der Waals surface area contributed by atoms with E-state index in [-0.39, 0.29) is 25.7 Å². The zero-order valence-corrected chi connectivity index (χ0v) is 17.5. The maximum Gasteiger partial charge on any atom is 0.242 e. The Labute approximate surface area is 172 Å². The molecule has 1 amide bonds. The number of benzene rings is 2. The Morgan fingerprint density at radius 3 is 2.30 bits per heavy atom. The Kier molecular flexibility index (Phi) is 7.36. The topological polar surface area (TPSA) is 84.5 Å². The van der Waals surface area contributed by atoms with Crippen LogP contribution in [-0.2, 0) is 14.8 Å². The number of rotatable bonds is 7. The van der Waals surface area contributed by atoms with Crippen LogP contribution in [0.1, 0.15) is 13.8 Å². The van der Waals surface area contributed by atoms with Crippen molar-refractivity contribution in [2.24, 2.45) is 0 Å². The second-order valence-corrected chi connectivity index (χ2v) is 8.39. The number of nitrogens with one attached hydrogen (secondary N) is 2. The Bertz CT molecular complexity index is 931. The Hall–Kier alpha value is -1.51. The Morgan fingerprint density at radius 1 is 1.11 bits per heavy atom. The van der Waals surface area contributed by atoms with Gasteiger partial charge in [-0.15, -0.1) is 0 Å². The molecule has 0 fully saturated rings. The lowest BCUT2D eigenvalue weighted by Crippen LogP contribution is -2.41. The molecule has 2 aromatic carbocycles. The summed E-state index contributed by atoms with van der Waals surface area (Å²) in [4.78, 5) is 12.2. The summed E-state index contributed by atoms with van der Waals surface area (Å²) < 4.78 is 32.6. The summed E-state index contributed by atoms with van der Waals surface area (Å²) in [6.07, 6.45) is 0. The minimum Gasteiger partial charge on any atom is -0.492 e. The quantitative estimate of drug-likeness (QED) is 0.655. The monoisotopic (exact) mass is 450 g/mol. The van der Waals surface area contributed by atoms with Crippen molar-refractivity contribution in [2.45, 2.75) is 24.8 Å². The molecule has 0 saturated carbocycles. The first-order valence-corrected chi connectivity index (χ1v) is 10.5. The van der Waals surface area contributed by atoms with E-state index < -0.39 is 22.0 Å². The minimum atomic E-state index is -3.99. The van der Waals surface area contributed by atoms with E-state index in [0.717, 1.165) is 0 Å². The van der Waals surface area contributed by atoms with Gasteiger partial charge in [0, 0.05) is 0 Å². The van der Waals surface area contributed by atoms with E-state index in [1.807, 2.05) is 0 Å². The first-order valence-electron chi connectivity index (χ1n) is 7.85. The van der Waals surface area contributed by atoms with Crippen LogP contribution in [0.25, 0.3) is 0 Å². The van der Waals surface area contributed by atoms with Crippen molar-refractivity contribution >= 4 is 56.4 Å². The third-order valence-electron chi connectivity index (χ3n) is 3.45. The highest BCUT2D eigenvalue weighted by molar-refractivity contribution is 7.89. The fourth-order valence-electron chi connectivity index (χ4n) is 2.12. The number of halogens is 3. The molecular weight excluding hydrogens is 435 g/mol. The molecule has 2 N–H and O–H groups in total. The summed E-state index contributed by atoms with van der Waals surface area (Å²) in [6, 6.07) is 7.70. The van der Waals surface area contributed by atoms with Crippen molar-refractivity contribution in [2.75, 3.05) is 11.9 Å². The van der Waals surface area contributed by atoms with Gasteiger partial charge in [0.15, 0.2) is 0 Å². The lowest BCUT2D eigenvalue weighted by Gasteiger charge is -2.16. The van der Waals surface area contributed by atoms with Crippen molar-refractivity contribution in [3.63, 3.8) is 0 Å². The number of ether oxygens (including phenoxy) is 1. The van der Waals surface area contributed by atoms with Crippen LogP contribution < -0.4 is 14.8 Å². The van der Waals surface area contributed by atoms with E-state index in [2.05, 4.69) is 10.0 Å². The van der Waals surface area contributed by atoms with E-state index in [1.54, 1.807) is 25.1 Å². The number of anilines is 1. The molecule has 0 saturated heterocycles. The smallest absolute Gasteiger partial charge is 0.242 e. The van der Waals surface area contributed by atoms with Crippen LogP contribution in [0.4, 0.5) is 5.69 Å². The standard InChI is InChI=1S/C17H17Cl3N2O4S/c1-3-26-15-8-7-11(9-14(15)20)27(24,25)22-10(2)17(23)21-16-12(18)5-4-6-13(16)19/h4-10,22H,3H2,1-2H3,(H,21,23)/t10-/m0/s1. The van der Waals surface area contributed by atoms with Gasteiger partial charge in [-0.1, -0.05) is 40.9 Å². The molecule has 2 aromatic rings. The fraction of sp³-hybridized carbons (Fsp3) is 0.235. The molecule has 0 bridgehead atoms. The van der Waals surface area contributed by atoms with Gasteiger partial charge in [-0.05, 0) is 44.2 Å². The highest BCUT2D eigenvalue weighted by Gasteiger charge is 2.24. The van der Waals surface area contributed by atoms with Gasteiger partial charge in [-0.3, -0.25) is 4.79 Å². The van der Waals surface area contributed by atoms with E-state index in [1.165, 1.54) is 25.1 Å². The van der Waals surface area contributed by atoms with Gasteiger partial charge in [-0.2, -0.15) is 4.72 Å². The van der Waals surface area contributed by atoms with Crippen LogP contribution in [0.2, 0.25) is 15.1 Å². The van der Waals surface area contributed by atoms with Gasteiger partial charge in [0.2, 0.25) is 15.9 Å². The van der Waals surface area contributed by atoms with Crippen molar-refractivity contribution in [3.05, 3.63) is 51.5 Å². The molecule has 1 atom stereocenters. The predicted octanol–water partition coefficient (Wildman–Crippen LogP) is 4.35. The van der Waals surface area contributed by atoms with Crippen LogP contribution in [0, 0.1) is 0 Å². The lowest BCUT2D eigenvalue weighted by atomic mass is 10.3. The molecule has 27 heavy (non-hydrogen) atoms. The normalized spacial score (nSPS) is 12.5. The van der Waals surface area contributed by atoms with Gasteiger partial charge in [0.25, 0.3) is 0 Å². The summed E-state index contributed by atoms with van der Waals surface area (Å²) >= 11 is 18.0. The first-order chi connectivity index (χ1) is 12.7. The SMILES string of the molecule is CCOc1ccc(S(=O)(=O)N[C@@H](C)C(=O)Nc2c(Cl)cccc2Cl)cc1Cl. The molecule has 2 rings (SSSR count). The minimum absolute atomic E-state index is 0.0913. The molecule has 0 aliphatic heterocycles. The van der Waals surface area contributed by atoms with E-state index in [0.29, 0.717) is 12.4 Å². The maximum absolute atomic E-state index is 12.5. The van der Waals surface area contributed by atoms with Gasteiger partial charge in [0.1, 0.15) is 5.75 Å². The molecule has 10 heteroatoms. The molecule has 0 aromatic heterocycles. The number of sulfonamides is 1. The van der Waals surface area contributed by atoms with E-state index in [9.17, 15) is 13.2 Å². The van der Waals surface area contributed by atoms with Gasteiger partial charge in [0.05, 0.1) is 38.3 Å². The molecule has 0 unspecified atom stereocenters. The summed E-state index contributed by atoms with van der Waals surface area (Å²) in [5.74, 6) is -0.247. The van der Waals surface area contributed by atoms with Crippen LogP contribution in [0.5, 0.6) is 5.75 Å². The van der Waals surface area contributed by atoms with E-state index >= 15 is 0 Å². The number of para-hydroxylation sites is 1. The summed E-state index contributed by atoms with van der Waals surface area (Å²) in [7, 11) is -3.99. The highest BCUT2D eigenvalue weighted by Crippen LogP contribution is 2.30. The zero-order valence-electron chi connectivity index (χ0n) is 14.4. The molecule has 146 valence electrons. The molecule has 0 heterocycles. The molecule has 0 aliphatic carbocycles. The average molecular weight is 452 g/mol. The number of hydrogen-bond donors (Lipinski definition) is 2. The van der Waals surface area contributed by atoms with Crippen molar-refractivity contribution in [1.82, 2.24) is 4.72 Å². The van der Waals surface area contributed by atoms with Crippen molar-refractivity contribution in [3.8, 4) is 5.75 Å². The third-order valence-corrected chi connectivity index (χ3v) is 5.91. The number of carbonyl (C=O) groups excluding carboxylic acids is 1. The van der Waals surface area contributed by atoms with Crippen LogP contribution in [0.3, 0.4) is 0 Å². The molecule has 0 radical (unpaired) electrons. The second-order valence-electron chi connectivity index (χ2n) is 5.45. The molecule has 6 nitrogen and oxygen atoms in total. The highest BCUT2D eigenvalue weighted by atomic mass is 35.5. The summed E-state index contributed by atoms with van der Waals surface area (Å²) in [5, 5.41) is 3.15. The summed E-state index contributed by atoms with van der Waals surface area (Å²) in [5.41, 5.74) is 0.209. The number of carbonyl (C=O) groups is 1. The van der Waals surface area contributed by atoms with E-state index in [4.69, 9.17) is 39.5 Å². The van der Waals surface area contributed by atoms with Crippen LogP contribution >= 0.6 is 34.8 Å². The Morgan fingerprint density at radius 2 is 1.74 bits per heavy atom. The molecule has 0 spiro atoms.